The van der Waals surface area contributed by atoms with Crippen LogP contribution in [0.15, 0.2) is 0 Å². The molecule has 0 unspecified atom stereocenters. The van der Waals surface area contributed by atoms with Crippen molar-refractivity contribution in [1.82, 2.24) is 4.98 Å². The average molecular weight is 183 g/mol. The van der Waals surface area contributed by atoms with Crippen LogP contribution < -0.4 is 0 Å². The normalized spacial score (nSPS) is 14.8. The Labute approximate surface area is 74.2 Å². The van der Waals surface area contributed by atoms with Crippen LogP contribution in [0.1, 0.15) is 27.3 Å². The van der Waals surface area contributed by atoms with E-state index in [0.29, 0.717) is 5.56 Å². The number of H-pyrrole nitrogens is 1. The summed E-state index contributed by atoms with van der Waals surface area (Å²) in [5, 5.41) is 8.89. The third kappa shape index (κ3) is 0.948. The fourth-order valence-corrected chi connectivity index (χ4v) is 2.64. The highest BCUT2D eigenvalue weighted by Crippen LogP contribution is 2.33. The molecule has 0 saturated carbocycles. The van der Waals surface area contributed by atoms with Gasteiger partial charge in [-0.3, -0.25) is 0 Å². The molecule has 0 atom stereocenters. The summed E-state index contributed by atoms with van der Waals surface area (Å²) in [4.78, 5) is 13.9. The molecule has 0 spiro atoms. The second-order valence-electron chi connectivity index (χ2n) is 2.88. The molecule has 0 bridgehead atoms. The van der Waals surface area contributed by atoms with Crippen LogP contribution in [0, 0.1) is 6.92 Å². The van der Waals surface area contributed by atoms with E-state index < -0.39 is 5.97 Å². The van der Waals surface area contributed by atoms with E-state index in [4.69, 9.17) is 5.11 Å². The lowest BCUT2D eigenvalue weighted by molar-refractivity contribution is 0.0695. The third-order valence-corrected chi connectivity index (χ3v) is 3.07. The van der Waals surface area contributed by atoms with Crippen molar-refractivity contribution in [3.8, 4) is 0 Å². The van der Waals surface area contributed by atoms with Crippen molar-refractivity contribution in [3.63, 3.8) is 0 Å². The number of fused-ring (bicyclic) bond motifs is 1. The van der Waals surface area contributed by atoms with E-state index in [2.05, 4.69) is 4.98 Å². The van der Waals surface area contributed by atoms with Gasteiger partial charge in [-0.2, -0.15) is 11.8 Å². The number of aromatic nitrogens is 1. The van der Waals surface area contributed by atoms with Gasteiger partial charge in [0.25, 0.3) is 0 Å². The Kier molecular flexibility index (Phi) is 1.65. The number of hydrogen-bond acceptors (Lipinski definition) is 2. The van der Waals surface area contributed by atoms with Crippen molar-refractivity contribution in [2.24, 2.45) is 0 Å². The third-order valence-electron chi connectivity index (χ3n) is 2.09. The minimum absolute atomic E-state index is 0.481. The number of rotatable bonds is 1. The lowest BCUT2D eigenvalue weighted by Gasteiger charge is -1.94. The molecular formula is C8H9NO2S. The Hall–Kier alpha value is -0.900. The summed E-state index contributed by atoms with van der Waals surface area (Å²) in [7, 11) is 0. The predicted octanol–water partition coefficient (Wildman–Crippen LogP) is 1.77. The van der Waals surface area contributed by atoms with E-state index in [1.165, 1.54) is 0 Å². The highest BCUT2D eigenvalue weighted by atomic mass is 32.2. The van der Waals surface area contributed by atoms with Crippen LogP contribution in [-0.4, -0.2) is 16.1 Å². The van der Waals surface area contributed by atoms with Crippen molar-refractivity contribution >= 4 is 17.7 Å². The van der Waals surface area contributed by atoms with Gasteiger partial charge in [-0.1, -0.05) is 0 Å². The second-order valence-corrected chi connectivity index (χ2v) is 3.87. The fourth-order valence-electron chi connectivity index (χ4n) is 1.57. The average Bonchev–Trinajstić information content (AvgIpc) is 2.44. The Morgan fingerprint density at radius 2 is 2.33 bits per heavy atom. The smallest absolute Gasteiger partial charge is 0.337 e. The van der Waals surface area contributed by atoms with Gasteiger partial charge in [-0.05, 0) is 12.5 Å². The number of carboxylic acids is 1. The zero-order valence-electron chi connectivity index (χ0n) is 6.68. The minimum atomic E-state index is -0.812. The topological polar surface area (TPSA) is 53.1 Å². The zero-order valence-corrected chi connectivity index (χ0v) is 7.49. The minimum Gasteiger partial charge on any atom is -0.478 e. The highest BCUT2D eigenvalue weighted by Gasteiger charge is 2.23. The Bertz CT molecular complexity index is 343. The van der Waals surface area contributed by atoms with Crippen molar-refractivity contribution in [2.75, 3.05) is 0 Å². The molecule has 2 rings (SSSR count). The molecule has 0 aliphatic carbocycles. The Morgan fingerprint density at radius 3 is 3.00 bits per heavy atom. The summed E-state index contributed by atoms with van der Waals surface area (Å²) in [6, 6.07) is 0. The highest BCUT2D eigenvalue weighted by molar-refractivity contribution is 7.98. The molecule has 0 saturated heterocycles. The molecule has 4 heteroatoms. The molecule has 2 N–H and O–H groups in total. The molecule has 1 aromatic rings. The fraction of sp³-hybridized carbons (Fsp3) is 0.375. The van der Waals surface area contributed by atoms with Gasteiger partial charge in [0, 0.05) is 22.9 Å². The van der Waals surface area contributed by atoms with Gasteiger partial charge in [-0.25, -0.2) is 4.79 Å². The molecule has 1 aliphatic heterocycles. The summed E-state index contributed by atoms with van der Waals surface area (Å²) in [5.74, 6) is 0.942. The number of nitrogens with one attached hydrogen (secondary N) is 1. The molecule has 3 nitrogen and oxygen atoms in total. The summed E-state index contributed by atoms with van der Waals surface area (Å²) < 4.78 is 0. The van der Waals surface area contributed by atoms with Crippen LogP contribution in [0.2, 0.25) is 0 Å². The van der Waals surface area contributed by atoms with Crippen LogP contribution in [-0.2, 0) is 11.5 Å². The van der Waals surface area contributed by atoms with E-state index in [-0.39, 0.29) is 0 Å². The number of thioether (sulfide) groups is 1. The Balaban J connectivity index is 2.59. The SMILES string of the molecule is Cc1[nH]c2c(c1C(=O)O)CSC2. The first-order valence-electron chi connectivity index (χ1n) is 3.71. The van der Waals surface area contributed by atoms with E-state index >= 15 is 0 Å². The number of aryl methyl sites for hydroxylation is 1. The summed E-state index contributed by atoms with van der Waals surface area (Å²) in [5.41, 5.74) is 3.35. The van der Waals surface area contributed by atoms with Crippen molar-refractivity contribution in [2.45, 2.75) is 18.4 Å². The molecule has 0 fully saturated rings. The lowest BCUT2D eigenvalue weighted by atomic mass is 10.1. The number of hydrogen-bond donors (Lipinski definition) is 2. The molecular weight excluding hydrogens is 174 g/mol. The zero-order chi connectivity index (χ0) is 8.72. The summed E-state index contributed by atoms with van der Waals surface area (Å²) in [6.45, 7) is 1.81. The molecule has 0 aromatic carbocycles. The predicted molar refractivity (Wildman–Crippen MR) is 47.5 cm³/mol. The largest absolute Gasteiger partial charge is 0.478 e. The van der Waals surface area contributed by atoms with Gasteiger partial charge in [-0.15, -0.1) is 0 Å². The van der Waals surface area contributed by atoms with Gasteiger partial charge in [0.1, 0.15) is 0 Å². The maximum Gasteiger partial charge on any atom is 0.337 e. The van der Waals surface area contributed by atoms with Crippen LogP contribution in [0.4, 0.5) is 0 Å². The second kappa shape index (κ2) is 2.55. The van der Waals surface area contributed by atoms with Crippen molar-refractivity contribution < 1.29 is 9.90 Å². The lowest BCUT2D eigenvalue weighted by Crippen LogP contribution is -1.99. The molecule has 0 amide bonds. The van der Waals surface area contributed by atoms with E-state index in [9.17, 15) is 4.79 Å². The maximum atomic E-state index is 10.8. The quantitative estimate of drug-likeness (QED) is 0.697. The Morgan fingerprint density at radius 1 is 1.58 bits per heavy atom. The first kappa shape index (κ1) is 7.73. The number of carboxylic acid groups (broad SMARTS) is 1. The van der Waals surface area contributed by atoms with E-state index in [0.717, 1.165) is 28.5 Å². The first-order chi connectivity index (χ1) is 5.70. The monoisotopic (exact) mass is 183 g/mol. The van der Waals surface area contributed by atoms with Gasteiger partial charge >= 0.3 is 5.97 Å². The van der Waals surface area contributed by atoms with Gasteiger partial charge in [0.05, 0.1) is 5.56 Å². The molecule has 12 heavy (non-hydrogen) atoms. The summed E-state index contributed by atoms with van der Waals surface area (Å²) in [6.07, 6.45) is 0. The van der Waals surface area contributed by atoms with Gasteiger partial charge in [0.15, 0.2) is 0 Å². The standard InChI is InChI=1S/C8H9NO2S/c1-4-7(8(10)11)5-2-12-3-6(5)9-4/h9H,2-3H2,1H3,(H,10,11). The van der Waals surface area contributed by atoms with Crippen LogP contribution in [0.25, 0.3) is 0 Å². The van der Waals surface area contributed by atoms with E-state index in [1.54, 1.807) is 11.8 Å². The maximum absolute atomic E-state index is 10.8. The van der Waals surface area contributed by atoms with Crippen molar-refractivity contribution in [1.29, 1.82) is 0 Å². The van der Waals surface area contributed by atoms with Gasteiger partial charge in [0.2, 0.25) is 0 Å². The van der Waals surface area contributed by atoms with Gasteiger partial charge < -0.3 is 10.1 Å². The van der Waals surface area contributed by atoms with Crippen molar-refractivity contribution in [3.05, 3.63) is 22.5 Å². The number of aromatic amines is 1. The first-order valence-corrected chi connectivity index (χ1v) is 4.87. The molecule has 64 valence electrons. The van der Waals surface area contributed by atoms with E-state index in [1.807, 2.05) is 6.92 Å². The number of aromatic carboxylic acids is 1. The molecule has 1 aliphatic rings. The summed E-state index contributed by atoms with van der Waals surface area (Å²) >= 11 is 1.76. The molecule has 2 heterocycles. The van der Waals surface area contributed by atoms with Crippen LogP contribution >= 0.6 is 11.8 Å². The van der Waals surface area contributed by atoms with Crippen LogP contribution in [0.5, 0.6) is 0 Å². The molecule has 1 aromatic heterocycles. The van der Waals surface area contributed by atoms with Crippen LogP contribution in [0.3, 0.4) is 0 Å². The number of carbonyl (C=O) groups is 1. The molecule has 0 radical (unpaired) electrons.